The lowest BCUT2D eigenvalue weighted by Crippen LogP contribution is -2.43. The number of halogens is 1. The molecule has 1 heterocycles. The number of nitrogens with one attached hydrogen (secondary N) is 1. The quantitative estimate of drug-likeness (QED) is 0.906. The van der Waals surface area contributed by atoms with Crippen LogP contribution in [0, 0.1) is 0 Å². The van der Waals surface area contributed by atoms with E-state index in [0.717, 1.165) is 6.04 Å². The number of hydrogen-bond donors (Lipinski definition) is 1. The van der Waals surface area contributed by atoms with Crippen LogP contribution in [0.15, 0.2) is 22.7 Å². The summed E-state index contributed by atoms with van der Waals surface area (Å²) in [6.45, 7) is 5.95. The summed E-state index contributed by atoms with van der Waals surface area (Å²) in [6, 6.07) is 8.20. The lowest BCUT2D eigenvalue weighted by molar-refractivity contribution is 0.251. The van der Waals surface area contributed by atoms with E-state index in [1.807, 2.05) is 0 Å². The predicted octanol–water partition coefficient (Wildman–Crippen LogP) is 3.38. The summed E-state index contributed by atoms with van der Waals surface area (Å²) in [5, 5.41) is 3.83. The molecule has 2 nitrogen and oxygen atoms in total. The highest BCUT2D eigenvalue weighted by Gasteiger charge is 2.24. The van der Waals surface area contributed by atoms with Crippen LogP contribution in [-0.4, -0.2) is 36.6 Å². The second kappa shape index (κ2) is 6.59. The van der Waals surface area contributed by atoms with E-state index in [1.165, 1.54) is 67.3 Å². The number of rotatable bonds is 4. The Kier molecular flexibility index (Phi) is 4.79. The summed E-state index contributed by atoms with van der Waals surface area (Å²) in [7, 11) is 0. The van der Waals surface area contributed by atoms with Crippen LogP contribution in [-0.2, 0) is 12.8 Å². The lowest BCUT2D eigenvalue weighted by Gasteiger charge is -2.29. The van der Waals surface area contributed by atoms with Gasteiger partial charge in [0.1, 0.15) is 0 Å². The zero-order valence-corrected chi connectivity index (χ0v) is 14.0. The molecule has 0 saturated carbocycles. The maximum Gasteiger partial charge on any atom is 0.0221 e. The number of likely N-dealkylation sites (tertiary alicyclic amines) is 1. The predicted molar refractivity (Wildman–Crippen MR) is 88.2 cm³/mol. The van der Waals surface area contributed by atoms with Crippen LogP contribution in [0.25, 0.3) is 0 Å². The third-order valence-corrected chi connectivity index (χ3v) is 5.44. The van der Waals surface area contributed by atoms with Crippen LogP contribution in [0.4, 0.5) is 0 Å². The van der Waals surface area contributed by atoms with Gasteiger partial charge in [-0.25, -0.2) is 0 Å². The minimum absolute atomic E-state index is 0.669. The van der Waals surface area contributed by atoms with E-state index in [0.29, 0.717) is 6.04 Å². The van der Waals surface area contributed by atoms with Crippen LogP contribution in [0.1, 0.15) is 37.3 Å². The summed E-state index contributed by atoms with van der Waals surface area (Å²) in [6.07, 6.45) is 6.44. The van der Waals surface area contributed by atoms with Crippen molar-refractivity contribution in [3.8, 4) is 0 Å². The van der Waals surface area contributed by atoms with Crippen molar-refractivity contribution in [3.63, 3.8) is 0 Å². The highest BCUT2D eigenvalue weighted by molar-refractivity contribution is 9.10. The van der Waals surface area contributed by atoms with Crippen LogP contribution < -0.4 is 5.32 Å². The average Bonchev–Trinajstić information content (AvgIpc) is 2.92. The minimum atomic E-state index is 0.669. The molecule has 110 valence electrons. The molecule has 1 fully saturated rings. The Bertz CT molecular complexity index is 460. The molecule has 2 atom stereocenters. The molecule has 2 aliphatic rings. The Morgan fingerprint density at radius 2 is 2.20 bits per heavy atom. The molecule has 0 aromatic heterocycles. The average molecular weight is 337 g/mol. The summed E-state index contributed by atoms with van der Waals surface area (Å²) in [5.41, 5.74) is 3.07. The molecule has 1 aliphatic carbocycles. The first-order chi connectivity index (χ1) is 9.76. The fourth-order valence-corrected chi connectivity index (χ4v) is 4.15. The highest BCUT2D eigenvalue weighted by atomic mass is 79.9. The number of nitrogens with zero attached hydrogens (tertiary/aromatic N) is 1. The number of likely N-dealkylation sites (N-methyl/N-ethyl adjacent to an activating group) is 1. The Morgan fingerprint density at radius 3 is 3.05 bits per heavy atom. The van der Waals surface area contributed by atoms with E-state index in [-0.39, 0.29) is 0 Å². The first-order valence-electron chi connectivity index (χ1n) is 8.01. The van der Waals surface area contributed by atoms with Gasteiger partial charge in [0.2, 0.25) is 0 Å². The van der Waals surface area contributed by atoms with Crippen LogP contribution >= 0.6 is 15.9 Å². The zero-order chi connectivity index (χ0) is 13.9. The maximum atomic E-state index is 3.83. The number of benzene rings is 1. The molecule has 3 heteroatoms. The summed E-state index contributed by atoms with van der Waals surface area (Å²) >= 11 is 3.57. The molecule has 1 aromatic rings. The van der Waals surface area contributed by atoms with Gasteiger partial charge >= 0.3 is 0 Å². The highest BCUT2D eigenvalue weighted by Crippen LogP contribution is 2.25. The van der Waals surface area contributed by atoms with Gasteiger partial charge in [-0.3, -0.25) is 4.90 Å². The zero-order valence-electron chi connectivity index (χ0n) is 12.4. The molecule has 1 aromatic carbocycles. The van der Waals surface area contributed by atoms with E-state index >= 15 is 0 Å². The van der Waals surface area contributed by atoms with Crippen molar-refractivity contribution in [2.45, 2.75) is 51.1 Å². The Hall–Kier alpha value is -0.380. The number of fused-ring (bicyclic) bond motifs is 1. The van der Waals surface area contributed by atoms with Crippen molar-refractivity contribution >= 4 is 15.9 Å². The molecular weight excluding hydrogens is 312 g/mol. The fourth-order valence-electron chi connectivity index (χ4n) is 3.74. The van der Waals surface area contributed by atoms with Gasteiger partial charge < -0.3 is 5.32 Å². The number of aryl methyl sites for hydroxylation is 1. The molecule has 20 heavy (non-hydrogen) atoms. The van der Waals surface area contributed by atoms with E-state index in [1.54, 1.807) is 0 Å². The number of hydrogen-bond acceptors (Lipinski definition) is 2. The van der Waals surface area contributed by atoms with Crippen LogP contribution in [0.2, 0.25) is 0 Å². The van der Waals surface area contributed by atoms with Gasteiger partial charge in [-0.15, -0.1) is 0 Å². The molecule has 2 unspecified atom stereocenters. The third-order valence-electron chi connectivity index (χ3n) is 4.94. The van der Waals surface area contributed by atoms with E-state index in [9.17, 15) is 0 Å². The summed E-state index contributed by atoms with van der Waals surface area (Å²) < 4.78 is 1.22. The van der Waals surface area contributed by atoms with Gasteiger partial charge in [0.15, 0.2) is 0 Å². The van der Waals surface area contributed by atoms with Crippen molar-refractivity contribution in [1.82, 2.24) is 10.2 Å². The van der Waals surface area contributed by atoms with Gasteiger partial charge in [-0.2, -0.15) is 0 Å². The first kappa shape index (κ1) is 14.6. The SMILES string of the molecule is CCN1CCCC1CNC1CCc2cc(Br)ccc2C1. The monoisotopic (exact) mass is 336 g/mol. The minimum Gasteiger partial charge on any atom is -0.312 e. The summed E-state index contributed by atoms with van der Waals surface area (Å²) in [4.78, 5) is 2.63. The van der Waals surface area contributed by atoms with Crippen molar-refractivity contribution in [2.75, 3.05) is 19.6 Å². The van der Waals surface area contributed by atoms with E-state index < -0.39 is 0 Å². The standard InChI is InChI=1S/C17H25BrN2/c1-2-20-9-3-4-17(20)12-19-16-8-6-13-10-15(18)7-5-14(13)11-16/h5,7,10,16-17,19H,2-4,6,8-9,11-12H2,1H3. The second-order valence-electron chi connectivity index (χ2n) is 6.19. The molecular formula is C17H25BrN2. The lowest BCUT2D eigenvalue weighted by atomic mass is 9.88. The molecule has 0 amide bonds. The largest absolute Gasteiger partial charge is 0.312 e. The normalized spacial score (nSPS) is 26.7. The van der Waals surface area contributed by atoms with E-state index in [2.05, 4.69) is 51.3 Å². The van der Waals surface area contributed by atoms with Crippen LogP contribution in [0.3, 0.4) is 0 Å². The van der Waals surface area contributed by atoms with Crippen molar-refractivity contribution in [3.05, 3.63) is 33.8 Å². The first-order valence-corrected chi connectivity index (χ1v) is 8.80. The van der Waals surface area contributed by atoms with Gasteiger partial charge in [-0.1, -0.05) is 28.9 Å². The van der Waals surface area contributed by atoms with E-state index in [4.69, 9.17) is 0 Å². The molecule has 3 rings (SSSR count). The molecule has 0 spiro atoms. The third kappa shape index (κ3) is 3.26. The Balaban J connectivity index is 1.54. The van der Waals surface area contributed by atoms with Crippen molar-refractivity contribution < 1.29 is 0 Å². The van der Waals surface area contributed by atoms with Gasteiger partial charge in [-0.05, 0) is 68.5 Å². The van der Waals surface area contributed by atoms with Crippen molar-refractivity contribution in [2.24, 2.45) is 0 Å². The smallest absolute Gasteiger partial charge is 0.0221 e. The molecule has 1 N–H and O–H groups in total. The Morgan fingerprint density at radius 1 is 1.30 bits per heavy atom. The molecule has 0 radical (unpaired) electrons. The fraction of sp³-hybridized carbons (Fsp3) is 0.647. The van der Waals surface area contributed by atoms with Gasteiger partial charge in [0.25, 0.3) is 0 Å². The molecule has 1 aliphatic heterocycles. The molecule has 1 saturated heterocycles. The van der Waals surface area contributed by atoms with Crippen LogP contribution in [0.5, 0.6) is 0 Å². The van der Waals surface area contributed by atoms with Crippen molar-refractivity contribution in [1.29, 1.82) is 0 Å². The second-order valence-corrected chi connectivity index (χ2v) is 7.10. The molecule has 0 bridgehead atoms. The van der Waals surface area contributed by atoms with Gasteiger partial charge in [0, 0.05) is 23.1 Å². The maximum absolute atomic E-state index is 3.83. The topological polar surface area (TPSA) is 15.3 Å². The van der Waals surface area contributed by atoms with Gasteiger partial charge in [0.05, 0.1) is 0 Å². The summed E-state index contributed by atoms with van der Waals surface area (Å²) in [5.74, 6) is 0. The Labute approximate surface area is 131 Å².